The van der Waals surface area contributed by atoms with Crippen LogP contribution in [-0.2, 0) is 16.6 Å². The summed E-state index contributed by atoms with van der Waals surface area (Å²) in [5, 5.41) is 12.1. The molecule has 27 heavy (non-hydrogen) atoms. The van der Waals surface area contributed by atoms with E-state index in [1.807, 2.05) is 6.07 Å². The second kappa shape index (κ2) is 5.62. The highest BCUT2D eigenvalue weighted by molar-refractivity contribution is 5.90. The Morgan fingerprint density at radius 2 is 2.15 bits per heavy atom. The molecule has 2 saturated carbocycles. The van der Waals surface area contributed by atoms with Gasteiger partial charge in [-0.3, -0.25) is 9.69 Å². The number of ketones is 1. The number of ether oxygens (including phenoxy) is 2. The van der Waals surface area contributed by atoms with Crippen molar-refractivity contribution < 1.29 is 19.4 Å². The molecule has 0 aromatic heterocycles. The van der Waals surface area contributed by atoms with Gasteiger partial charge in [0.25, 0.3) is 0 Å². The second-order valence-corrected chi connectivity index (χ2v) is 8.90. The third-order valence-electron chi connectivity index (χ3n) is 7.76. The Hall–Kier alpha value is -1.30. The third-order valence-corrected chi connectivity index (χ3v) is 7.76. The molecule has 4 atom stereocenters. The minimum atomic E-state index is -0.886. The molecule has 5 aliphatic rings. The summed E-state index contributed by atoms with van der Waals surface area (Å²) >= 11 is 0. The first-order valence-electron chi connectivity index (χ1n) is 9.94. The summed E-state index contributed by atoms with van der Waals surface area (Å²) < 4.78 is 11.8. The van der Waals surface area contributed by atoms with Gasteiger partial charge in [-0.1, -0.05) is 6.07 Å². The molecule has 3 aliphatic carbocycles. The predicted molar refractivity (Wildman–Crippen MR) is 102 cm³/mol. The van der Waals surface area contributed by atoms with Crippen LogP contribution in [0.25, 0.3) is 0 Å². The first-order valence-corrected chi connectivity index (χ1v) is 9.94. The van der Waals surface area contributed by atoms with Gasteiger partial charge in [0.1, 0.15) is 0 Å². The lowest BCUT2D eigenvalue weighted by atomic mass is 9.49. The summed E-state index contributed by atoms with van der Waals surface area (Å²) in [7, 11) is 1.64. The zero-order valence-electron chi connectivity index (χ0n) is 15.6. The second-order valence-electron chi connectivity index (χ2n) is 8.90. The van der Waals surface area contributed by atoms with Gasteiger partial charge in [-0.2, -0.15) is 0 Å². The van der Waals surface area contributed by atoms with Crippen molar-refractivity contribution in [3.63, 3.8) is 0 Å². The van der Waals surface area contributed by atoms with Gasteiger partial charge in [0.2, 0.25) is 0 Å². The summed E-state index contributed by atoms with van der Waals surface area (Å²) in [5.41, 5.74) is 0.821. The Kier molecular flexibility index (Phi) is 3.70. The van der Waals surface area contributed by atoms with Gasteiger partial charge in [-0.25, -0.2) is 0 Å². The lowest BCUT2D eigenvalue weighted by Crippen LogP contribution is -2.76. The van der Waals surface area contributed by atoms with Gasteiger partial charge in [0.05, 0.1) is 18.1 Å². The maximum atomic E-state index is 12.8. The number of benzene rings is 1. The Morgan fingerprint density at radius 1 is 1.33 bits per heavy atom. The van der Waals surface area contributed by atoms with Crippen molar-refractivity contribution >= 4 is 18.2 Å². The average Bonchev–Trinajstić information content (AvgIpc) is 3.37. The number of nitrogens with zero attached hydrogens (tertiary/aromatic N) is 1. The van der Waals surface area contributed by atoms with Crippen LogP contribution in [0.2, 0.25) is 0 Å². The number of likely N-dealkylation sites (tertiary alicyclic amines) is 1. The molecule has 1 N–H and O–H groups in total. The van der Waals surface area contributed by atoms with Gasteiger partial charge in [0.15, 0.2) is 23.4 Å². The molecule has 6 heteroatoms. The van der Waals surface area contributed by atoms with Crippen molar-refractivity contribution in [2.75, 3.05) is 20.2 Å². The molecule has 5 nitrogen and oxygen atoms in total. The topological polar surface area (TPSA) is 59.0 Å². The predicted octanol–water partition coefficient (Wildman–Crippen LogP) is 2.25. The van der Waals surface area contributed by atoms with Crippen LogP contribution in [0.15, 0.2) is 12.1 Å². The van der Waals surface area contributed by atoms with E-state index < -0.39 is 17.1 Å². The Labute approximate surface area is 165 Å². The SMILES string of the molecule is COc1ccc2c3c1O[C@H]1C(=O)CC[C@@]4(O)C(C2)N(CC2CC2)CCC314.Cl. The van der Waals surface area contributed by atoms with Gasteiger partial charge >= 0.3 is 0 Å². The normalized spacial score (nSPS) is 38.7. The third kappa shape index (κ3) is 2.00. The van der Waals surface area contributed by atoms with Crippen molar-refractivity contribution in [2.24, 2.45) is 5.92 Å². The quantitative estimate of drug-likeness (QED) is 0.856. The van der Waals surface area contributed by atoms with E-state index in [1.54, 1.807) is 7.11 Å². The number of Topliss-reactive ketones (excluding diaryl/α,β-unsaturated/α-hetero) is 1. The molecular formula is C21H26ClNO4. The molecular weight excluding hydrogens is 366 g/mol. The van der Waals surface area contributed by atoms with Crippen molar-refractivity contribution in [3.05, 3.63) is 23.3 Å². The van der Waals surface area contributed by atoms with Crippen molar-refractivity contribution in [3.8, 4) is 11.5 Å². The number of carbonyl (C=O) groups is 1. The van der Waals surface area contributed by atoms with Crippen molar-refractivity contribution in [2.45, 2.75) is 61.7 Å². The molecule has 1 saturated heterocycles. The van der Waals surface area contributed by atoms with Crippen LogP contribution in [0.4, 0.5) is 0 Å². The highest BCUT2D eigenvalue weighted by Crippen LogP contribution is 2.65. The minimum Gasteiger partial charge on any atom is -0.493 e. The highest BCUT2D eigenvalue weighted by atomic mass is 35.5. The Morgan fingerprint density at radius 3 is 2.89 bits per heavy atom. The average molecular weight is 392 g/mol. The number of hydrogen-bond donors (Lipinski definition) is 1. The van der Waals surface area contributed by atoms with Crippen molar-refractivity contribution in [1.29, 1.82) is 0 Å². The number of aliphatic hydroxyl groups is 1. The van der Waals surface area contributed by atoms with E-state index in [-0.39, 0.29) is 24.2 Å². The Balaban J connectivity index is 0.00000160. The van der Waals surface area contributed by atoms with E-state index in [9.17, 15) is 9.90 Å². The number of piperidine rings is 1. The Bertz CT molecular complexity index is 825. The van der Waals surface area contributed by atoms with Crippen LogP contribution in [0.5, 0.6) is 11.5 Å². The lowest BCUT2D eigenvalue weighted by Gasteiger charge is -2.62. The van der Waals surface area contributed by atoms with Crippen molar-refractivity contribution in [1.82, 2.24) is 4.90 Å². The maximum absolute atomic E-state index is 12.8. The van der Waals surface area contributed by atoms with Crippen LogP contribution in [-0.4, -0.2) is 53.7 Å². The summed E-state index contributed by atoms with van der Waals surface area (Å²) in [5.74, 6) is 2.32. The zero-order chi connectivity index (χ0) is 17.7. The fraction of sp³-hybridized carbons (Fsp3) is 0.667. The number of hydrogen-bond acceptors (Lipinski definition) is 5. The molecule has 2 bridgehead atoms. The number of rotatable bonds is 3. The summed E-state index contributed by atoms with van der Waals surface area (Å²) in [6.45, 7) is 2.02. The largest absolute Gasteiger partial charge is 0.493 e. The molecule has 0 amide bonds. The van der Waals surface area contributed by atoms with E-state index >= 15 is 0 Å². The van der Waals surface area contributed by atoms with Gasteiger partial charge < -0.3 is 14.6 Å². The smallest absolute Gasteiger partial charge is 0.174 e. The molecule has 2 heterocycles. The molecule has 2 unspecified atom stereocenters. The van der Waals surface area contributed by atoms with Gasteiger partial charge in [-0.05, 0) is 56.2 Å². The van der Waals surface area contributed by atoms with Crippen LogP contribution in [0.3, 0.4) is 0 Å². The molecule has 1 spiro atoms. The summed E-state index contributed by atoms with van der Waals surface area (Å²) in [6.07, 6.45) is 4.65. The highest BCUT2D eigenvalue weighted by Gasteiger charge is 2.73. The first-order chi connectivity index (χ1) is 12.6. The molecule has 1 aromatic rings. The molecule has 1 aromatic carbocycles. The molecule has 146 valence electrons. The number of carbonyl (C=O) groups excluding carboxylic acids is 1. The monoisotopic (exact) mass is 391 g/mol. The van der Waals surface area contributed by atoms with E-state index in [4.69, 9.17) is 9.47 Å². The number of methoxy groups -OCH3 is 1. The molecule has 0 radical (unpaired) electrons. The van der Waals surface area contributed by atoms with E-state index in [0.29, 0.717) is 24.3 Å². The van der Waals surface area contributed by atoms with Gasteiger partial charge in [-0.15, -0.1) is 12.4 Å². The molecule has 3 fully saturated rings. The van der Waals surface area contributed by atoms with Crippen LogP contribution >= 0.6 is 12.4 Å². The van der Waals surface area contributed by atoms with E-state index in [0.717, 1.165) is 37.4 Å². The summed E-state index contributed by atoms with van der Waals surface area (Å²) in [4.78, 5) is 15.4. The van der Waals surface area contributed by atoms with Crippen LogP contribution < -0.4 is 9.47 Å². The standard InChI is InChI=1S/C21H25NO4.ClH/c1-25-15-5-4-13-10-16-21(24)7-6-14(23)19-20(21,17(13)18(15)26-19)8-9-22(16)11-12-2-3-12;/h4-5,12,16,19,24H,2-3,6-11H2,1H3;1H/t16?,19-,20?,21+;/m0./s1. The maximum Gasteiger partial charge on any atom is 0.174 e. The van der Waals surface area contributed by atoms with Crippen LogP contribution in [0.1, 0.15) is 43.2 Å². The minimum absolute atomic E-state index is 0. The first kappa shape index (κ1) is 17.8. The fourth-order valence-corrected chi connectivity index (χ4v) is 6.41. The summed E-state index contributed by atoms with van der Waals surface area (Å²) in [6, 6.07) is 4.16. The van der Waals surface area contributed by atoms with E-state index in [2.05, 4.69) is 11.0 Å². The number of halogens is 1. The molecule has 6 rings (SSSR count). The van der Waals surface area contributed by atoms with E-state index in [1.165, 1.54) is 18.4 Å². The van der Waals surface area contributed by atoms with Crippen LogP contribution in [0, 0.1) is 5.92 Å². The molecule has 2 aliphatic heterocycles. The zero-order valence-corrected chi connectivity index (χ0v) is 16.4. The lowest BCUT2D eigenvalue weighted by molar-refractivity contribution is -0.188. The van der Waals surface area contributed by atoms with Gasteiger partial charge in [0, 0.05) is 24.6 Å². The fourth-order valence-electron chi connectivity index (χ4n) is 6.41.